The van der Waals surface area contributed by atoms with Crippen LogP contribution in [0, 0.1) is 0 Å². The molecule has 0 bridgehead atoms. The number of rotatable bonds is 2. The minimum absolute atomic E-state index is 1.08. The maximum atomic E-state index is 2.34. The Morgan fingerprint density at radius 1 is 0.882 bits per heavy atom. The summed E-state index contributed by atoms with van der Waals surface area (Å²) in [7, 11) is 0. The van der Waals surface area contributed by atoms with Crippen LogP contribution in [0.3, 0.4) is 0 Å². The van der Waals surface area contributed by atoms with Gasteiger partial charge in [0.05, 0.1) is 5.39 Å². The first-order chi connectivity index (χ1) is 8.40. The molecule has 0 aliphatic heterocycles. The summed E-state index contributed by atoms with van der Waals surface area (Å²) in [6.45, 7) is 3.29. The standard InChI is InChI=1S/C16H16N/c1-2-11-17-12-5-8-15-14-7-4-3-6-13(14)9-10-16(15)17/h3-10,12H,2,11H2,1H3/q+1. The lowest BCUT2D eigenvalue weighted by atomic mass is 10.1. The molecule has 3 aromatic rings. The highest BCUT2D eigenvalue weighted by Crippen LogP contribution is 2.22. The van der Waals surface area contributed by atoms with Gasteiger partial charge in [0.25, 0.3) is 0 Å². The zero-order chi connectivity index (χ0) is 11.7. The molecule has 0 spiro atoms. The quantitative estimate of drug-likeness (QED) is 0.460. The molecular formula is C16H16N+. The molecule has 1 heteroatoms. The molecule has 0 unspecified atom stereocenters. The van der Waals surface area contributed by atoms with Crippen LogP contribution >= 0.6 is 0 Å². The monoisotopic (exact) mass is 222 g/mol. The van der Waals surface area contributed by atoms with E-state index in [1.807, 2.05) is 0 Å². The van der Waals surface area contributed by atoms with Crippen molar-refractivity contribution in [3.63, 3.8) is 0 Å². The molecule has 0 fully saturated rings. The van der Waals surface area contributed by atoms with Gasteiger partial charge in [0.1, 0.15) is 6.54 Å². The molecule has 17 heavy (non-hydrogen) atoms. The Morgan fingerprint density at radius 3 is 2.59 bits per heavy atom. The fraction of sp³-hybridized carbons (Fsp3) is 0.188. The van der Waals surface area contributed by atoms with E-state index in [4.69, 9.17) is 0 Å². The van der Waals surface area contributed by atoms with Gasteiger partial charge < -0.3 is 0 Å². The van der Waals surface area contributed by atoms with Crippen molar-refractivity contribution in [2.75, 3.05) is 0 Å². The van der Waals surface area contributed by atoms with E-state index in [2.05, 4.69) is 66.2 Å². The fourth-order valence-electron chi connectivity index (χ4n) is 2.47. The van der Waals surface area contributed by atoms with Crippen molar-refractivity contribution in [2.24, 2.45) is 0 Å². The smallest absolute Gasteiger partial charge is 0.198 e. The fourth-order valence-corrected chi connectivity index (χ4v) is 2.47. The minimum Gasteiger partial charge on any atom is -0.198 e. The molecule has 0 aliphatic carbocycles. The zero-order valence-electron chi connectivity index (χ0n) is 10.1. The number of hydrogen-bond acceptors (Lipinski definition) is 0. The Balaban J connectivity index is 2.40. The summed E-state index contributed by atoms with van der Waals surface area (Å²) in [4.78, 5) is 0. The predicted molar refractivity (Wildman–Crippen MR) is 71.9 cm³/mol. The molecule has 0 saturated heterocycles. The molecular weight excluding hydrogens is 206 g/mol. The van der Waals surface area contributed by atoms with Gasteiger partial charge in [-0.1, -0.05) is 31.2 Å². The summed E-state index contributed by atoms with van der Waals surface area (Å²) in [5.74, 6) is 0. The number of benzene rings is 2. The lowest BCUT2D eigenvalue weighted by Crippen LogP contribution is -2.33. The topological polar surface area (TPSA) is 3.88 Å². The maximum absolute atomic E-state index is 2.34. The van der Waals surface area contributed by atoms with Crippen LogP contribution < -0.4 is 4.57 Å². The van der Waals surface area contributed by atoms with E-state index in [-0.39, 0.29) is 0 Å². The summed E-state index contributed by atoms with van der Waals surface area (Å²) in [6, 6.07) is 17.4. The lowest BCUT2D eigenvalue weighted by molar-refractivity contribution is -0.671. The Labute approximate surface area is 101 Å². The van der Waals surface area contributed by atoms with Crippen LogP contribution in [-0.4, -0.2) is 0 Å². The van der Waals surface area contributed by atoms with Crippen LogP contribution in [0.15, 0.2) is 54.7 Å². The average Bonchev–Trinajstić information content (AvgIpc) is 2.39. The van der Waals surface area contributed by atoms with E-state index in [0.717, 1.165) is 13.0 Å². The lowest BCUT2D eigenvalue weighted by Gasteiger charge is -2.03. The molecule has 84 valence electrons. The molecule has 1 aromatic heterocycles. The van der Waals surface area contributed by atoms with Crippen molar-refractivity contribution in [1.29, 1.82) is 0 Å². The van der Waals surface area contributed by atoms with Crippen LogP contribution in [0.2, 0.25) is 0 Å². The van der Waals surface area contributed by atoms with Crippen molar-refractivity contribution in [1.82, 2.24) is 0 Å². The third kappa shape index (κ3) is 1.68. The van der Waals surface area contributed by atoms with E-state index < -0.39 is 0 Å². The first kappa shape index (κ1) is 10.3. The third-order valence-electron chi connectivity index (χ3n) is 3.25. The van der Waals surface area contributed by atoms with Gasteiger partial charge in [0.15, 0.2) is 6.20 Å². The summed E-state index contributed by atoms with van der Waals surface area (Å²) in [6.07, 6.45) is 3.33. The van der Waals surface area contributed by atoms with Crippen molar-refractivity contribution in [2.45, 2.75) is 19.9 Å². The molecule has 0 N–H and O–H groups in total. The van der Waals surface area contributed by atoms with E-state index >= 15 is 0 Å². The second-order valence-electron chi connectivity index (χ2n) is 4.42. The second-order valence-corrected chi connectivity index (χ2v) is 4.42. The highest BCUT2D eigenvalue weighted by Gasteiger charge is 2.09. The maximum Gasteiger partial charge on any atom is 0.213 e. The SMILES string of the molecule is CCC[n+]1cccc2c3ccccc3ccc21. The molecule has 0 amide bonds. The largest absolute Gasteiger partial charge is 0.213 e. The number of pyridine rings is 1. The molecule has 0 atom stereocenters. The van der Waals surface area contributed by atoms with E-state index in [0.29, 0.717) is 0 Å². The number of nitrogens with zero attached hydrogens (tertiary/aromatic N) is 1. The number of fused-ring (bicyclic) bond motifs is 3. The Bertz CT molecular complexity index is 670. The van der Waals surface area contributed by atoms with Gasteiger partial charge in [-0.05, 0) is 22.9 Å². The van der Waals surface area contributed by atoms with Gasteiger partial charge in [-0.3, -0.25) is 0 Å². The zero-order valence-corrected chi connectivity index (χ0v) is 10.1. The van der Waals surface area contributed by atoms with Crippen molar-refractivity contribution in [3.8, 4) is 0 Å². The highest BCUT2D eigenvalue weighted by atomic mass is 14.9. The van der Waals surface area contributed by atoms with Crippen LogP contribution in [0.5, 0.6) is 0 Å². The molecule has 1 heterocycles. The molecule has 1 nitrogen and oxygen atoms in total. The molecule has 0 aliphatic rings. The Kier molecular flexibility index (Phi) is 2.52. The summed E-state index contributed by atoms with van der Waals surface area (Å²) >= 11 is 0. The first-order valence-electron chi connectivity index (χ1n) is 6.20. The van der Waals surface area contributed by atoms with Crippen LogP contribution in [0.25, 0.3) is 21.7 Å². The van der Waals surface area contributed by atoms with Crippen LogP contribution in [0.1, 0.15) is 13.3 Å². The van der Waals surface area contributed by atoms with Crippen LogP contribution in [-0.2, 0) is 6.54 Å². The van der Waals surface area contributed by atoms with Crippen molar-refractivity contribution < 1.29 is 4.57 Å². The summed E-state index contributed by atoms with van der Waals surface area (Å²) in [5.41, 5.74) is 1.33. The van der Waals surface area contributed by atoms with Gasteiger partial charge >= 0.3 is 0 Å². The third-order valence-corrected chi connectivity index (χ3v) is 3.25. The highest BCUT2D eigenvalue weighted by molar-refractivity contribution is 6.04. The Morgan fingerprint density at radius 2 is 1.71 bits per heavy atom. The summed E-state index contributed by atoms with van der Waals surface area (Å²) < 4.78 is 2.34. The van der Waals surface area contributed by atoms with Gasteiger partial charge in [-0.2, -0.15) is 4.57 Å². The van der Waals surface area contributed by atoms with E-state index in [1.54, 1.807) is 0 Å². The predicted octanol–water partition coefficient (Wildman–Crippen LogP) is 3.69. The average molecular weight is 222 g/mol. The molecule has 3 rings (SSSR count). The summed E-state index contributed by atoms with van der Waals surface area (Å²) in [5, 5.41) is 4.00. The van der Waals surface area contributed by atoms with Gasteiger partial charge in [0, 0.05) is 18.6 Å². The second kappa shape index (κ2) is 4.17. The first-order valence-corrected chi connectivity index (χ1v) is 6.20. The van der Waals surface area contributed by atoms with Crippen molar-refractivity contribution >= 4 is 21.7 Å². The van der Waals surface area contributed by atoms with Crippen molar-refractivity contribution in [3.05, 3.63) is 54.7 Å². The minimum atomic E-state index is 1.08. The number of aromatic nitrogens is 1. The number of hydrogen-bond donors (Lipinski definition) is 0. The van der Waals surface area contributed by atoms with Crippen LogP contribution in [0.4, 0.5) is 0 Å². The van der Waals surface area contributed by atoms with Gasteiger partial charge in [0.2, 0.25) is 5.52 Å². The van der Waals surface area contributed by atoms with Gasteiger partial charge in [-0.15, -0.1) is 0 Å². The molecule has 2 aromatic carbocycles. The Hall–Kier alpha value is -1.89. The molecule has 0 saturated carbocycles. The van der Waals surface area contributed by atoms with E-state index in [1.165, 1.54) is 21.7 Å². The number of aryl methyl sites for hydroxylation is 1. The molecule has 0 radical (unpaired) electrons. The van der Waals surface area contributed by atoms with E-state index in [9.17, 15) is 0 Å². The van der Waals surface area contributed by atoms with Gasteiger partial charge in [-0.25, -0.2) is 0 Å². The normalized spacial score (nSPS) is 11.1.